The molecular weight excluding hydrogens is 236 g/mol. The van der Waals surface area contributed by atoms with Crippen molar-refractivity contribution >= 4 is 21.6 Å². The summed E-state index contributed by atoms with van der Waals surface area (Å²) in [4.78, 5) is 3.90. The molecule has 0 spiro atoms. The highest BCUT2D eigenvalue weighted by atomic mass is 35.5. The molecule has 0 bridgehead atoms. The minimum absolute atomic E-state index is 0.0920. The van der Waals surface area contributed by atoms with Crippen molar-refractivity contribution in [1.82, 2.24) is 9.29 Å². The predicted molar refractivity (Wildman–Crippen MR) is 59.3 cm³/mol. The zero-order valence-electron chi connectivity index (χ0n) is 8.81. The minimum atomic E-state index is -3.44. The van der Waals surface area contributed by atoms with E-state index in [1.54, 1.807) is 13.8 Å². The highest BCUT2D eigenvalue weighted by Gasteiger charge is 2.22. The third-order valence-electron chi connectivity index (χ3n) is 2.10. The number of nitrogens with zero attached hydrogens (tertiary/aromatic N) is 2. The average Bonchev–Trinajstić information content (AvgIpc) is 2.17. The van der Waals surface area contributed by atoms with E-state index >= 15 is 0 Å². The standard InChI is InChI=1S/C9H13ClN2O2S/c1-7(2)12(3)15(13,14)8-4-5-9(10)11-6-8/h4-7H,1-3H3. The first kappa shape index (κ1) is 12.4. The molecule has 0 aliphatic heterocycles. The Bertz CT molecular complexity index is 428. The van der Waals surface area contributed by atoms with Gasteiger partial charge in [-0.25, -0.2) is 13.4 Å². The summed E-state index contributed by atoms with van der Waals surface area (Å²) in [6.45, 7) is 3.61. The van der Waals surface area contributed by atoms with Gasteiger partial charge in [-0.1, -0.05) is 11.6 Å². The fourth-order valence-electron chi connectivity index (χ4n) is 0.959. The molecule has 0 fully saturated rings. The molecule has 0 saturated carbocycles. The molecule has 15 heavy (non-hydrogen) atoms. The van der Waals surface area contributed by atoms with Crippen LogP contribution in [0.4, 0.5) is 0 Å². The molecule has 0 saturated heterocycles. The summed E-state index contributed by atoms with van der Waals surface area (Å²) < 4.78 is 25.1. The molecule has 0 aliphatic rings. The molecule has 0 aliphatic carbocycles. The number of sulfonamides is 1. The van der Waals surface area contributed by atoms with Gasteiger partial charge in [-0.2, -0.15) is 4.31 Å². The van der Waals surface area contributed by atoms with Crippen LogP contribution < -0.4 is 0 Å². The Hall–Kier alpha value is -0.650. The maximum absolute atomic E-state index is 11.9. The van der Waals surface area contributed by atoms with Crippen LogP contribution in [0.2, 0.25) is 5.15 Å². The van der Waals surface area contributed by atoms with E-state index in [9.17, 15) is 8.42 Å². The van der Waals surface area contributed by atoms with Crippen LogP contribution in [-0.2, 0) is 10.0 Å². The number of rotatable bonds is 3. The van der Waals surface area contributed by atoms with Crippen molar-refractivity contribution in [3.63, 3.8) is 0 Å². The Labute approximate surface area is 94.9 Å². The molecule has 1 rings (SSSR count). The van der Waals surface area contributed by atoms with Crippen LogP contribution in [-0.4, -0.2) is 30.8 Å². The van der Waals surface area contributed by atoms with Gasteiger partial charge in [0.1, 0.15) is 10.0 Å². The van der Waals surface area contributed by atoms with E-state index in [0.29, 0.717) is 0 Å². The van der Waals surface area contributed by atoms with Gasteiger partial charge in [0.25, 0.3) is 0 Å². The summed E-state index contributed by atoms with van der Waals surface area (Å²) in [5.41, 5.74) is 0. The number of pyridine rings is 1. The van der Waals surface area contributed by atoms with Crippen LogP contribution in [0.1, 0.15) is 13.8 Å². The van der Waals surface area contributed by atoms with Crippen LogP contribution in [0.15, 0.2) is 23.2 Å². The molecule has 0 atom stereocenters. The van der Waals surface area contributed by atoms with Gasteiger partial charge >= 0.3 is 0 Å². The van der Waals surface area contributed by atoms with E-state index < -0.39 is 10.0 Å². The normalized spacial score (nSPS) is 12.4. The second kappa shape index (κ2) is 4.47. The molecule has 1 aromatic heterocycles. The smallest absolute Gasteiger partial charge is 0.243 e. The summed E-state index contributed by atoms with van der Waals surface area (Å²) in [7, 11) is -1.91. The maximum atomic E-state index is 11.9. The first-order valence-corrected chi connectivity index (χ1v) is 6.27. The second-order valence-electron chi connectivity index (χ2n) is 3.43. The lowest BCUT2D eigenvalue weighted by Gasteiger charge is -2.20. The monoisotopic (exact) mass is 248 g/mol. The van der Waals surface area contributed by atoms with Crippen molar-refractivity contribution in [1.29, 1.82) is 0 Å². The van der Waals surface area contributed by atoms with Gasteiger partial charge in [-0.05, 0) is 26.0 Å². The first-order chi connectivity index (χ1) is 6.85. The van der Waals surface area contributed by atoms with E-state index in [4.69, 9.17) is 11.6 Å². The third-order valence-corrected chi connectivity index (χ3v) is 4.35. The molecule has 0 amide bonds. The molecule has 1 aromatic rings. The quantitative estimate of drug-likeness (QED) is 0.766. The highest BCUT2D eigenvalue weighted by Crippen LogP contribution is 2.16. The van der Waals surface area contributed by atoms with E-state index in [-0.39, 0.29) is 16.1 Å². The maximum Gasteiger partial charge on any atom is 0.244 e. The lowest BCUT2D eigenvalue weighted by atomic mass is 10.4. The fraction of sp³-hybridized carbons (Fsp3) is 0.444. The molecule has 0 N–H and O–H groups in total. The van der Waals surface area contributed by atoms with Crippen molar-refractivity contribution in [3.8, 4) is 0 Å². The van der Waals surface area contributed by atoms with Crippen LogP contribution in [0, 0.1) is 0 Å². The molecule has 1 heterocycles. The number of hydrogen-bond donors (Lipinski definition) is 0. The molecular formula is C9H13ClN2O2S. The molecule has 6 heteroatoms. The highest BCUT2D eigenvalue weighted by molar-refractivity contribution is 7.89. The minimum Gasteiger partial charge on any atom is -0.243 e. The van der Waals surface area contributed by atoms with Crippen LogP contribution in [0.5, 0.6) is 0 Å². The van der Waals surface area contributed by atoms with Crippen molar-refractivity contribution in [2.45, 2.75) is 24.8 Å². The summed E-state index contributed by atoms with van der Waals surface area (Å²) >= 11 is 5.58. The molecule has 0 aromatic carbocycles. The van der Waals surface area contributed by atoms with Crippen LogP contribution in [0.25, 0.3) is 0 Å². The van der Waals surface area contributed by atoms with Gasteiger partial charge in [0, 0.05) is 19.3 Å². The van der Waals surface area contributed by atoms with Crippen LogP contribution in [0.3, 0.4) is 0 Å². The van der Waals surface area contributed by atoms with Crippen LogP contribution >= 0.6 is 11.6 Å². The Morgan fingerprint density at radius 2 is 2.00 bits per heavy atom. The largest absolute Gasteiger partial charge is 0.244 e. The van der Waals surface area contributed by atoms with Crippen molar-refractivity contribution < 1.29 is 8.42 Å². The lowest BCUT2D eigenvalue weighted by molar-refractivity contribution is 0.410. The van der Waals surface area contributed by atoms with Gasteiger partial charge in [0.15, 0.2) is 0 Å². The van der Waals surface area contributed by atoms with Gasteiger partial charge in [-0.15, -0.1) is 0 Å². The van der Waals surface area contributed by atoms with E-state index in [0.717, 1.165) is 0 Å². The predicted octanol–water partition coefficient (Wildman–Crippen LogP) is 1.76. The van der Waals surface area contributed by atoms with Gasteiger partial charge < -0.3 is 0 Å². The molecule has 84 valence electrons. The zero-order valence-corrected chi connectivity index (χ0v) is 10.4. The number of hydrogen-bond acceptors (Lipinski definition) is 3. The summed E-state index contributed by atoms with van der Waals surface area (Å²) in [6.07, 6.45) is 1.26. The Balaban J connectivity index is 3.12. The van der Waals surface area contributed by atoms with Crippen molar-refractivity contribution in [2.75, 3.05) is 7.05 Å². The number of aromatic nitrogens is 1. The second-order valence-corrected chi connectivity index (χ2v) is 5.82. The zero-order chi connectivity index (χ0) is 11.6. The third kappa shape index (κ3) is 2.68. The van der Waals surface area contributed by atoms with Gasteiger partial charge in [0.2, 0.25) is 10.0 Å². The summed E-state index contributed by atoms with van der Waals surface area (Å²) in [6, 6.07) is 2.82. The SMILES string of the molecule is CC(C)N(C)S(=O)(=O)c1ccc(Cl)nc1. The average molecular weight is 249 g/mol. The summed E-state index contributed by atoms with van der Waals surface area (Å²) in [5, 5.41) is 0.279. The summed E-state index contributed by atoms with van der Waals surface area (Å²) in [5.74, 6) is 0. The molecule has 0 radical (unpaired) electrons. The molecule has 4 nitrogen and oxygen atoms in total. The number of halogens is 1. The Morgan fingerprint density at radius 1 is 1.40 bits per heavy atom. The van der Waals surface area contributed by atoms with E-state index in [2.05, 4.69) is 4.98 Å². The lowest BCUT2D eigenvalue weighted by Crippen LogP contribution is -2.33. The van der Waals surface area contributed by atoms with E-state index in [1.165, 1.54) is 29.7 Å². The fourth-order valence-corrected chi connectivity index (χ4v) is 2.38. The first-order valence-electron chi connectivity index (χ1n) is 4.45. The Kier molecular flexibility index (Phi) is 3.70. The van der Waals surface area contributed by atoms with Crippen molar-refractivity contribution in [3.05, 3.63) is 23.5 Å². The molecule has 0 unspecified atom stereocenters. The Morgan fingerprint density at radius 3 is 2.40 bits per heavy atom. The van der Waals surface area contributed by atoms with Crippen molar-refractivity contribution in [2.24, 2.45) is 0 Å². The van der Waals surface area contributed by atoms with Gasteiger partial charge in [0.05, 0.1) is 0 Å². The van der Waals surface area contributed by atoms with E-state index in [1.807, 2.05) is 0 Å². The topological polar surface area (TPSA) is 50.3 Å². The van der Waals surface area contributed by atoms with Gasteiger partial charge in [-0.3, -0.25) is 0 Å².